The monoisotopic (exact) mass is 519 g/mol. The van der Waals surface area contributed by atoms with E-state index in [1.807, 2.05) is 0 Å². The molecular formula is C21H45N9O6. The second-order valence-corrected chi connectivity index (χ2v) is 8.29. The minimum Gasteiger partial charge on any atom is -0.448 e. The van der Waals surface area contributed by atoms with Gasteiger partial charge in [0.1, 0.15) is 19.8 Å². The summed E-state index contributed by atoms with van der Waals surface area (Å²) in [5.74, 6) is 0.0110. The Morgan fingerprint density at radius 3 is 1.67 bits per heavy atom. The average Bonchev–Trinajstić information content (AvgIpc) is 2.82. The van der Waals surface area contributed by atoms with Crippen molar-refractivity contribution in [2.45, 2.75) is 69.5 Å². The number of alkyl carbamates (subject to hydrolysis) is 2. The Morgan fingerprint density at radius 1 is 0.694 bits per heavy atom. The highest BCUT2D eigenvalue weighted by atomic mass is 16.6. The summed E-state index contributed by atoms with van der Waals surface area (Å²) in [4.78, 5) is 39.3. The summed E-state index contributed by atoms with van der Waals surface area (Å²) in [6.07, 6.45) is 2.85. The van der Waals surface area contributed by atoms with E-state index < -0.39 is 30.4 Å². The first-order chi connectivity index (χ1) is 17.2. The molecule has 0 aliphatic rings. The number of nitrogens with one attached hydrogen (secondary N) is 2. The summed E-state index contributed by atoms with van der Waals surface area (Å²) in [6.45, 7) is 1.26. The van der Waals surface area contributed by atoms with Crippen molar-refractivity contribution < 1.29 is 28.6 Å². The van der Waals surface area contributed by atoms with E-state index in [-0.39, 0.29) is 31.8 Å². The lowest BCUT2D eigenvalue weighted by molar-refractivity contribution is 0.104. The molecule has 0 radical (unpaired) electrons. The Labute approximate surface area is 212 Å². The van der Waals surface area contributed by atoms with Gasteiger partial charge in [0, 0.05) is 12.6 Å². The van der Waals surface area contributed by atoms with Crippen molar-refractivity contribution in [1.82, 2.24) is 10.6 Å². The molecule has 3 atom stereocenters. The molecular weight excluding hydrogens is 474 g/mol. The van der Waals surface area contributed by atoms with Crippen LogP contribution < -0.4 is 45.0 Å². The van der Waals surface area contributed by atoms with Gasteiger partial charge >= 0.3 is 18.3 Å². The van der Waals surface area contributed by atoms with Crippen molar-refractivity contribution >= 4 is 24.2 Å². The van der Waals surface area contributed by atoms with Gasteiger partial charge in [0.05, 0.1) is 12.1 Å². The molecule has 0 saturated carbocycles. The van der Waals surface area contributed by atoms with Crippen LogP contribution in [0.25, 0.3) is 0 Å². The highest BCUT2D eigenvalue weighted by Gasteiger charge is 2.19. The van der Waals surface area contributed by atoms with E-state index in [2.05, 4.69) is 15.6 Å². The number of nitrogens with two attached hydrogens (primary N) is 6. The van der Waals surface area contributed by atoms with E-state index in [0.717, 1.165) is 19.3 Å². The zero-order valence-corrected chi connectivity index (χ0v) is 21.0. The first kappa shape index (κ1) is 33.0. The van der Waals surface area contributed by atoms with Gasteiger partial charge in [-0.05, 0) is 51.6 Å². The summed E-state index contributed by atoms with van der Waals surface area (Å²) in [5.41, 5.74) is 32.5. The second-order valence-electron chi connectivity index (χ2n) is 8.29. The molecule has 0 saturated heterocycles. The maximum atomic E-state index is 12.3. The van der Waals surface area contributed by atoms with Gasteiger partial charge in [-0.1, -0.05) is 12.8 Å². The Morgan fingerprint density at radius 2 is 1.19 bits per heavy atom. The molecule has 0 spiro atoms. The molecule has 0 aliphatic carbocycles. The van der Waals surface area contributed by atoms with Crippen molar-refractivity contribution in [1.29, 1.82) is 0 Å². The number of amides is 3. The molecule has 0 aromatic rings. The van der Waals surface area contributed by atoms with Crippen LogP contribution in [-0.4, -0.2) is 81.8 Å². The first-order valence-corrected chi connectivity index (χ1v) is 12.2. The fraction of sp³-hybridized carbons (Fsp3) is 0.810. The number of rotatable bonds is 20. The number of carbonyl (C=O) groups is 3. The third-order valence-corrected chi connectivity index (χ3v) is 4.96. The summed E-state index contributed by atoms with van der Waals surface area (Å²) < 4.78 is 15.3. The number of guanidine groups is 1. The van der Waals surface area contributed by atoms with Gasteiger partial charge in [-0.15, -0.1) is 0 Å². The lowest BCUT2D eigenvalue weighted by Crippen LogP contribution is -2.44. The SMILES string of the molecule is NCCCCC(COC(N)=O)NC(=O)OC[C@H](CCCCN)NC(=O)OCC(N)CCCN=C(N)N. The molecule has 15 heteroatoms. The van der Waals surface area contributed by atoms with Gasteiger partial charge in [0.2, 0.25) is 0 Å². The third kappa shape index (κ3) is 20.3. The van der Waals surface area contributed by atoms with Crippen molar-refractivity contribution in [3.63, 3.8) is 0 Å². The zero-order valence-electron chi connectivity index (χ0n) is 21.0. The van der Waals surface area contributed by atoms with Crippen LogP contribution in [0.2, 0.25) is 0 Å². The number of unbranched alkanes of at least 4 members (excludes halogenated alkanes) is 2. The fourth-order valence-electron chi connectivity index (χ4n) is 3.07. The maximum absolute atomic E-state index is 12.3. The maximum Gasteiger partial charge on any atom is 0.407 e. The van der Waals surface area contributed by atoms with E-state index in [1.165, 1.54) is 0 Å². The fourth-order valence-corrected chi connectivity index (χ4v) is 3.07. The van der Waals surface area contributed by atoms with Crippen LogP contribution in [0.4, 0.5) is 14.4 Å². The normalized spacial score (nSPS) is 13.1. The minimum atomic E-state index is -0.940. The van der Waals surface area contributed by atoms with E-state index in [1.54, 1.807) is 0 Å². The molecule has 0 bridgehead atoms. The largest absolute Gasteiger partial charge is 0.448 e. The van der Waals surface area contributed by atoms with Gasteiger partial charge in [-0.2, -0.15) is 0 Å². The Balaban J connectivity index is 4.62. The summed E-state index contributed by atoms with van der Waals surface area (Å²) >= 11 is 0. The van der Waals surface area contributed by atoms with Crippen LogP contribution in [0, 0.1) is 0 Å². The summed E-state index contributed by atoms with van der Waals surface area (Å²) in [5, 5.41) is 5.33. The lowest BCUT2D eigenvalue weighted by atomic mass is 10.1. The molecule has 3 amide bonds. The predicted molar refractivity (Wildman–Crippen MR) is 136 cm³/mol. The van der Waals surface area contributed by atoms with E-state index in [9.17, 15) is 14.4 Å². The summed E-state index contributed by atoms with van der Waals surface area (Å²) in [6, 6.07) is -1.36. The zero-order chi connectivity index (χ0) is 27.2. The molecule has 0 heterocycles. The highest BCUT2D eigenvalue weighted by Crippen LogP contribution is 2.05. The predicted octanol–water partition coefficient (Wildman–Crippen LogP) is -1.09. The molecule has 0 aromatic carbocycles. The van der Waals surface area contributed by atoms with Crippen LogP contribution in [-0.2, 0) is 14.2 Å². The molecule has 210 valence electrons. The number of hydrogen-bond acceptors (Lipinski definition) is 10. The van der Waals surface area contributed by atoms with Crippen molar-refractivity contribution in [2.24, 2.45) is 39.4 Å². The van der Waals surface area contributed by atoms with Gasteiger partial charge in [-0.3, -0.25) is 4.99 Å². The smallest absolute Gasteiger partial charge is 0.407 e. The average molecular weight is 520 g/mol. The molecule has 2 unspecified atom stereocenters. The van der Waals surface area contributed by atoms with E-state index in [0.29, 0.717) is 51.7 Å². The quantitative estimate of drug-likeness (QED) is 0.0414. The topological polar surface area (TPSA) is 271 Å². The van der Waals surface area contributed by atoms with Gasteiger partial charge in [0.15, 0.2) is 5.96 Å². The number of hydrogen-bond donors (Lipinski definition) is 8. The molecule has 0 fully saturated rings. The number of primary amides is 1. The van der Waals surface area contributed by atoms with Crippen LogP contribution in [0.15, 0.2) is 4.99 Å². The van der Waals surface area contributed by atoms with E-state index in [4.69, 9.17) is 48.6 Å². The summed E-state index contributed by atoms with van der Waals surface area (Å²) in [7, 11) is 0. The van der Waals surface area contributed by atoms with Crippen molar-refractivity contribution in [2.75, 3.05) is 39.5 Å². The van der Waals surface area contributed by atoms with Crippen LogP contribution >= 0.6 is 0 Å². The molecule has 36 heavy (non-hydrogen) atoms. The number of aliphatic imine (C=N–C) groups is 1. The molecule has 0 aliphatic heterocycles. The van der Waals surface area contributed by atoms with Gasteiger partial charge in [-0.25, -0.2) is 14.4 Å². The molecule has 15 nitrogen and oxygen atoms in total. The third-order valence-electron chi connectivity index (χ3n) is 4.96. The minimum absolute atomic E-state index is 0.00879. The van der Waals surface area contributed by atoms with Crippen molar-refractivity contribution in [3.8, 4) is 0 Å². The highest BCUT2D eigenvalue weighted by molar-refractivity contribution is 5.75. The van der Waals surface area contributed by atoms with Crippen LogP contribution in [0.3, 0.4) is 0 Å². The molecule has 14 N–H and O–H groups in total. The number of nitrogens with zero attached hydrogens (tertiary/aromatic N) is 1. The van der Waals surface area contributed by atoms with Crippen LogP contribution in [0.5, 0.6) is 0 Å². The Bertz CT molecular complexity index is 649. The number of carbonyl (C=O) groups excluding carboxylic acids is 3. The molecule has 0 rings (SSSR count). The van der Waals surface area contributed by atoms with Crippen LogP contribution in [0.1, 0.15) is 51.4 Å². The van der Waals surface area contributed by atoms with Gasteiger partial charge < -0.3 is 59.2 Å². The Hall–Kier alpha value is -3.04. The Kier molecular flexibility index (Phi) is 19.5. The standard InChI is InChI=1S/C21H45N9O6/c22-9-3-1-7-16(13-34-19(27)31)29-21(33)36-14-17(8-2-4-10-23)30-20(32)35-12-15(24)6-5-11-28-18(25)26/h15-17H,1-14,22-24H2,(H2,27,31)(H,29,33)(H,30,32)(H4,25,26,28)/t15?,16?,17-/m0/s1. The van der Waals surface area contributed by atoms with Gasteiger partial charge in [0.25, 0.3) is 0 Å². The van der Waals surface area contributed by atoms with E-state index >= 15 is 0 Å². The lowest BCUT2D eigenvalue weighted by Gasteiger charge is -2.21. The van der Waals surface area contributed by atoms with Crippen molar-refractivity contribution in [3.05, 3.63) is 0 Å². The molecule has 0 aromatic heterocycles. The number of ether oxygens (including phenoxy) is 3. The first-order valence-electron chi connectivity index (χ1n) is 12.2. The second kappa shape index (κ2) is 21.3.